The Balaban J connectivity index is 1.02. The molecular formula is C45H64N8O7S. The summed E-state index contributed by atoms with van der Waals surface area (Å²) in [5.74, 6) is 1.46. The molecule has 0 spiro atoms. The van der Waals surface area contributed by atoms with Crippen LogP contribution in [0.5, 0.6) is 0 Å². The lowest BCUT2D eigenvalue weighted by Gasteiger charge is -2.53. The Labute approximate surface area is 363 Å². The van der Waals surface area contributed by atoms with Gasteiger partial charge in [0.15, 0.2) is 0 Å². The normalized spacial score (nSPS) is 26.1. The molecule has 2 saturated heterocycles. The van der Waals surface area contributed by atoms with Gasteiger partial charge in [-0.05, 0) is 93.6 Å². The van der Waals surface area contributed by atoms with Crippen molar-refractivity contribution in [2.75, 3.05) is 26.5 Å². The number of benzene rings is 1. The Bertz CT molecular complexity index is 2030. The number of aromatic amines is 2. The lowest BCUT2D eigenvalue weighted by molar-refractivity contribution is -0.138. The molecule has 4 heterocycles. The van der Waals surface area contributed by atoms with Crippen molar-refractivity contribution < 1.29 is 33.8 Å². The highest BCUT2D eigenvalue weighted by atomic mass is 32.2. The smallest absolute Gasteiger partial charge is 0.407 e. The molecule has 3 aliphatic carbocycles. The summed E-state index contributed by atoms with van der Waals surface area (Å²) in [6.07, 6.45) is 11.0. The minimum absolute atomic E-state index is 0.0316. The number of fused-ring (bicyclic) bond motifs is 3. The van der Waals surface area contributed by atoms with Gasteiger partial charge in [-0.1, -0.05) is 52.0 Å². The third kappa shape index (κ3) is 9.02. The molecule has 1 unspecified atom stereocenters. The second kappa shape index (κ2) is 17.7. The van der Waals surface area contributed by atoms with Crippen LogP contribution in [0, 0.1) is 11.8 Å². The quantitative estimate of drug-likeness (QED) is 0.121. The van der Waals surface area contributed by atoms with Gasteiger partial charge >= 0.3 is 12.2 Å². The number of nitrogens with zero attached hydrogens (tertiary/aromatic N) is 4. The van der Waals surface area contributed by atoms with E-state index in [9.17, 15) is 24.3 Å². The SMILES string of the molecule is COC(=O)N[C@H](C(=O)N1CCC[C@H]1c1ncc(C23CCC(c4ccc(-c5cnc([C@@H]6CSC(CC(C)(C)O)N6C(=O)[C@@H](NC(=O)OC)C(C)C)[nH]5)cc4)(CC2)CC3)[nH]1)C(C)C. The van der Waals surface area contributed by atoms with Gasteiger partial charge in [0, 0.05) is 36.0 Å². The van der Waals surface area contributed by atoms with E-state index < -0.39 is 29.9 Å². The molecule has 5 aliphatic rings. The number of hydrogen-bond donors (Lipinski definition) is 5. The third-order valence-corrected chi connectivity index (χ3v) is 15.1. The van der Waals surface area contributed by atoms with Gasteiger partial charge in [0.2, 0.25) is 11.8 Å². The number of nitrogens with one attached hydrogen (secondary N) is 4. The number of alkyl carbamates (subject to hydrolysis) is 2. The van der Waals surface area contributed by atoms with Crippen LogP contribution in [0.2, 0.25) is 0 Å². The van der Waals surface area contributed by atoms with Crippen molar-refractivity contribution in [2.45, 2.75) is 145 Å². The summed E-state index contributed by atoms with van der Waals surface area (Å²) in [4.78, 5) is 72.7. The summed E-state index contributed by atoms with van der Waals surface area (Å²) < 4.78 is 9.64. The second-order valence-electron chi connectivity index (χ2n) is 19.0. The summed E-state index contributed by atoms with van der Waals surface area (Å²) in [6, 6.07) is 6.85. The molecule has 61 heavy (non-hydrogen) atoms. The maximum Gasteiger partial charge on any atom is 0.407 e. The Morgan fingerprint density at radius 1 is 0.836 bits per heavy atom. The topological polar surface area (TPSA) is 195 Å². The molecule has 16 heteroatoms. The number of likely N-dealkylation sites (tertiary alicyclic amines) is 1. The van der Waals surface area contributed by atoms with Crippen LogP contribution in [-0.2, 0) is 29.9 Å². The molecule has 8 rings (SSSR count). The molecule has 2 aliphatic heterocycles. The van der Waals surface area contributed by atoms with Gasteiger partial charge in [-0.15, -0.1) is 11.8 Å². The molecule has 5 N–H and O–H groups in total. The predicted molar refractivity (Wildman–Crippen MR) is 232 cm³/mol. The summed E-state index contributed by atoms with van der Waals surface area (Å²) in [5.41, 5.74) is 3.53. The number of ether oxygens (including phenoxy) is 2. The average molecular weight is 861 g/mol. The number of rotatable bonds is 13. The number of carbonyl (C=O) groups excluding carboxylic acids is 4. The Morgan fingerprint density at radius 3 is 1.97 bits per heavy atom. The molecular weight excluding hydrogens is 797 g/mol. The maximum atomic E-state index is 14.2. The zero-order chi connectivity index (χ0) is 43.9. The first-order chi connectivity index (χ1) is 29.0. The highest BCUT2D eigenvalue weighted by Gasteiger charge is 2.51. The van der Waals surface area contributed by atoms with Crippen molar-refractivity contribution in [1.82, 2.24) is 40.4 Å². The molecule has 1 aromatic carbocycles. The molecule has 332 valence electrons. The predicted octanol–water partition coefficient (Wildman–Crippen LogP) is 6.87. The Kier molecular flexibility index (Phi) is 12.9. The van der Waals surface area contributed by atoms with Gasteiger partial charge < -0.3 is 45.0 Å². The van der Waals surface area contributed by atoms with Crippen molar-refractivity contribution in [3.05, 3.63) is 59.6 Å². The zero-order valence-electron chi connectivity index (χ0n) is 36.9. The summed E-state index contributed by atoms with van der Waals surface area (Å²) >= 11 is 1.61. The average Bonchev–Trinajstić information content (AvgIpc) is 4.08. The van der Waals surface area contributed by atoms with E-state index in [0.29, 0.717) is 24.5 Å². The Morgan fingerprint density at radius 2 is 1.39 bits per heavy atom. The molecule has 2 bridgehead atoms. The lowest BCUT2D eigenvalue weighted by atomic mass is 9.51. The van der Waals surface area contributed by atoms with E-state index in [0.717, 1.165) is 68.4 Å². The van der Waals surface area contributed by atoms with E-state index in [1.54, 1.807) is 30.5 Å². The van der Waals surface area contributed by atoms with Crippen LogP contribution < -0.4 is 10.6 Å². The van der Waals surface area contributed by atoms with E-state index in [-0.39, 0.29) is 51.9 Å². The fraction of sp³-hybridized carbons (Fsp3) is 0.644. The number of imidazole rings is 2. The molecule has 15 nitrogen and oxygen atoms in total. The van der Waals surface area contributed by atoms with Crippen LogP contribution in [0.4, 0.5) is 9.59 Å². The second-order valence-corrected chi connectivity index (χ2v) is 20.2. The summed E-state index contributed by atoms with van der Waals surface area (Å²) in [7, 11) is 2.59. The first-order valence-corrected chi connectivity index (χ1v) is 22.9. The molecule has 3 aromatic rings. The standard InChI is InChI=1S/C45H64N8O7S/c1-26(2)35(50-41(56)59-7)39(54)52-21-9-10-31(52)37-47-24-33(49-37)45-18-15-44(16-19-45,17-20-45)29-13-11-28(12-14-29)30-23-46-38(48-30)32-25-61-34(22-43(5,6)58)53(32)40(55)36(27(3)4)51-42(57)60-8/h11-14,23-24,26-27,31-32,34-36,58H,9-10,15-22,25H2,1-8H3,(H,46,48)(H,47,49)(H,50,56)(H,51,57)/t31-,32-,34?,35-,36-,44?,45?/m0/s1. The molecule has 4 amide bonds. The monoisotopic (exact) mass is 860 g/mol. The molecule has 5 fully saturated rings. The molecule has 3 saturated carbocycles. The van der Waals surface area contributed by atoms with Crippen LogP contribution in [0.3, 0.4) is 0 Å². The van der Waals surface area contributed by atoms with Crippen molar-refractivity contribution in [2.24, 2.45) is 11.8 Å². The number of amides is 4. The fourth-order valence-corrected chi connectivity index (χ4v) is 11.8. The summed E-state index contributed by atoms with van der Waals surface area (Å²) in [5, 5.41) is 15.9. The first kappa shape index (κ1) is 44.5. The number of aliphatic hydroxyl groups is 1. The van der Waals surface area contributed by atoms with Crippen molar-refractivity contribution in [3.63, 3.8) is 0 Å². The van der Waals surface area contributed by atoms with Gasteiger partial charge in [-0.3, -0.25) is 9.59 Å². The molecule has 2 aromatic heterocycles. The molecule has 0 radical (unpaired) electrons. The van der Waals surface area contributed by atoms with E-state index in [4.69, 9.17) is 19.4 Å². The number of hydrogen-bond acceptors (Lipinski definition) is 10. The first-order valence-electron chi connectivity index (χ1n) is 21.8. The van der Waals surface area contributed by atoms with Crippen molar-refractivity contribution >= 4 is 35.8 Å². The van der Waals surface area contributed by atoms with Gasteiger partial charge in [0.05, 0.1) is 49.2 Å². The van der Waals surface area contributed by atoms with Crippen LogP contribution in [-0.4, -0.2) is 108 Å². The van der Waals surface area contributed by atoms with Crippen LogP contribution in [0.1, 0.15) is 134 Å². The maximum absolute atomic E-state index is 14.2. The van der Waals surface area contributed by atoms with E-state index in [1.807, 2.05) is 45.0 Å². The summed E-state index contributed by atoms with van der Waals surface area (Å²) in [6.45, 7) is 11.7. The zero-order valence-corrected chi connectivity index (χ0v) is 37.7. The number of aromatic nitrogens is 4. The van der Waals surface area contributed by atoms with E-state index in [2.05, 4.69) is 44.9 Å². The largest absolute Gasteiger partial charge is 0.453 e. The highest BCUT2D eigenvalue weighted by Crippen LogP contribution is 2.58. The molecule has 5 atom stereocenters. The lowest BCUT2D eigenvalue weighted by Crippen LogP contribution is -2.53. The number of H-pyrrole nitrogens is 2. The van der Waals surface area contributed by atoms with Gasteiger partial charge in [0.25, 0.3) is 0 Å². The minimum Gasteiger partial charge on any atom is -0.453 e. The van der Waals surface area contributed by atoms with Gasteiger partial charge in [-0.2, -0.15) is 0 Å². The van der Waals surface area contributed by atoms with Crippen molar-refractivity contribution in [1.29, 1.82) is 0 Å². The van der Waals surface area contributed by atoms with Crippen molar-refractivity contribution in [3.8, 4) is 11.3 Å². The highest BCUT2D eigenvalue weighted by molar-refractivity contribution is 8.00. The third-order valence-electron chi connectivity index (χ3n) is 13.8. The van der Waals surface area contributed by atoms with E-state index in [1.165, 1.54) is 25.5 Å². The van der Waals surface area contributed by atoms with Gasteiger partial charge in [-0.25, -0.2) is 19.6 Å². The Hall–Kier alpha value is -4.57. The number of methoxy groups -OCH3 is 2. The van der Waals surface area contributed by atoms with Gasteiger partial charge in [0.1, 0.15) is 23.7 Å². The van der Waals surface area contributed by atoms with Crippen LogP contribution >= 0.6 is 11.8 Å². The number of carbonyl (C=O) groups is 4. The number of thioether (sulfide) groups is 1. The van der Waals surface area contributed by atoms with E-state index >= 15 is 0 Å². The van der Waals surface area contributed by atoms with Crippen LogP contribution in [0.25, 0.3) is 11.3 Å². The minimum atomic E-state index is -1.00. The van der Waals surface area contributed by atoms with Crippen LogP contribution in [0.15, 0.2) is 36.7 Å². The fourth-order valence-electron chi connectivity index (χ4n) is 10.2.